The molecule has 0 aliphatic heterocycles. The van der Waals surface area contributed by atoms with E-state index in [0.717, 1.165) is 18.5 Å². The molecule has 0 saturated heterocycles. The molecule has 1 nitrogen and oxygen atoms in total. The van der Waals surface area contributed by atoms with Gasteiger partial charge in [-0.05, 0) is 54.8 Å². The minimum atomic E-state index is -0.335. The fraction of sp³-hybridized carbons (Fsp3) is 0.667. The zero-order chi connectivity index (χ0) is 15.5. The largest absolute Gasteiger partial charge is 0.314 e. The lowest BCUT2D eigenvalue weighted by Crippen LogP contribution is -2.46. The van der Waals surface area contributed by atoms with E-state index in [1.807, 2.05) is 6.07 Å². The van der Waals surface area contributed by atoms with Crippen molar-refractivity contribution >= 4 is 11.6 Å². The maximum Gasteiger partial charge on any atom is 0.141 e. The van der Waals surface area contributed by atoms with Crippen molar-refractivity contribution in [2.24, 2.45) is 11.3 Å². The van der Waals surface area contributed by atoms with Crippen LogP contribution in [0.2, 0.25) is 5.02 Å². The summed E-state index contributed by atoms with van der Waals surface area (Å²) in [7, 11) is 0. The van der Waals surface area contributed by atoms with Crippen LogP contribution in [0.15, 0.2) is 18.2 Å². The molecule has 0 heterocycles. The topological polar surface area (TPSA) is 12.0 Å². The molecule has 2 atom stereocenters. The van der Waals surface area contributed by atoms with Crippen LogP contribution >= 0.6 is 11.6 Å². The van der Waals surface area contributed by atoms with Crippen molar-refractivity contribution < 1.29 is 4.39 Å². The second-order valence-electron chi connectivity index (χ2n) is 6.96. The van der Waals surface area contributed by atoms with Crippen molar-refractivity contribution in [3.8, 4) is 0 Å². The van der Waals surface area contributed by atoms with E-state index in [0.29, 0.717) is 17.4 Å². The molecule has 2 unspecified atom stereocenters. The van der Waals surface area contributed by atoms with E-state index in [-0.39, 0.29) is 10.8 Å². The minimum Gasteiger partial charge on any atom is -0.314 e. The van der Waals surface area contributed by atoms with Gasteiger partial charge in [-0.1, -0.05) is 51.3 Å². The monoisotopic (exact) mass is 311 g/mol. The van der Waals surface area contributed by atoms with E-state index < -0.39 is 0 Å². The van der Waals surface area contributed by atoms with E-state index >= 15 is 0 Å². The van der Waals surface area contributed by atoms with Gasteiger partial charge in [0.2, 0.25) is 0 Å². The van der Waals surface area contributed by atoms with Crippen molar-refractivity contribution in [3.05, 3.63) is 34.6 Å². The molecular weight excluding hydrogens is 285 g/mol. The molecular formula is C18H27ClFN. The lowest BCUT2D eigenvalue weighted by Gasteiger charge is -2.43. The zero-order valence-electron chi connectivity index (χ0n) is 13.4. The van der Waals surface area contributed by atoms with Crippen LogP contribution in [0.4, 0.5) is 4.39 Å². The van der Waals surface area contributed by atoms with Gasteiger partial charge in [-0.15, -0.1) is 0 Å². The Labute approximate surface area is 133 Å². The smallest absolute Gasteiger partial charge is 0.141 e. The molecule has 0 amide bonds. The molecule has 0 aromatic heterocycles. The fourth-order valence-electron chi connectivity index (χ4n) is 3.81. The molecule has 1 N–H and O–H groups in total. The number of halogens is 2. The van der Waals surface area contributed by atoms with Gasteiger partial charge in [-0.2, -0.15) is 0 Å². The first-order chi connectivity index (χ1) is 9.94. The van der Waals surface area contributed by atoms with Gasteiger partial charge in [0.15, 0.2) is 0 Å². The van der Waals surface area contributed by atoms with Crippen molar-refractivity contribution in [2.45, 2.75) is 58.9 Å². The van der Waals surface area contributed by atoms with Gasteiger partial charge >= 0.3 is 0 Å². The molecule has 118 valence electrons. The molecule has 0 radical (unpaired) electrons. The Morgan fingerprint density at radius 2 is 2.14 bits per heavy atom. The van der Waals surface area contributed by atoms with E-state index in [2.05, 4.69) is 26.1 Å². The Bertz CT molecular complexity index is 472. The van der Waals surface area contributed by atoms with Gasteiger partial charge in [-0.25, -0.2) is 4.39 Å². The van der Waals surface area contributed by atoms with Crippen LogP contribution in [0.5, 0.6) is 0 Å². The molecule has 1 fully saturated rings. The molecule has 1 aliphatic rings. The summed E-state index contributed by atoms with van der Waals surface area (Å²) in [6, 6.07) is 5.55. The molecule has 0 spiro atoms. The Kier molecular flexibility index (Phi) is 5.67. The maximum absolute atomic E-state index is 13.3. The molecule has 2 rings (SSSR count). The number of likely N-dealkylation sites (N-methyl/N-ethyl adjacent to an activating group) is 1. The van der Waals surface area contributed by atoms with Gasteiger partial charge in [0.25, 0.3) is 0 Å². The number of nitrogens with one attached hydrogen (secondary N) is 1. The summed E-state index contributed by atoms with van der Waals surface area (Å²) in [5.41, 5.74) is 1.49. The summed E-state index contributed by atoms with van der Waals surface area (Å²) in [4.78, 5) is 0. The molecule has 3 heteroatoms. The Balaban J connectivity index is 2.16. The van der Waals surface area contributed by atoms with E-state index in [1.165, 1.54) is 31.7 Å². The molecule has 1 aromatic rings. The van der Waals surface area contributed by atoms with Crippen LogP contribution in [-0.4, -0.2) is 12.6 Å². The Morgan fingerprint density at radius 3 is 2.76 bits per heavy atom. The van der Waals surface area contributed by atoms with Crippen molar-refractivity contribution in [1.29, 1.82) is 0 Å². The first-order valence-corrected chi connectivity index (χ1v) is 8.49. The van der Waals surface area contributed by atoms with E-state index in [9.17, 15) is 4.39 Å². The summed E-state index contributed by atoms with van der Waals surface area (Å²) >= 11 is 5.92. The highest BCUT2D eigenvalue weighted by Gasteiger charge is 2.37. The average molecular weight is 312 g/mol. The van der Waals surface area contributed by atoms with Crippen molar-refractivity contribution in [1.82, 2.24) is 5.32 Å². The third kappa shape index (κ3) is 4.20. The molecule has 0 bridgehead atoms. The lowest BCUT2D eigenvalue weighted by molar-refractivity contribution is 0.0987. The second kappa shape index (κ2) is 7.11. The molecule has 1 aromatic carbocycles. The SMILES string of the molecule is CCNC(Cc1ccc(F)c(Cl)c1)C1CCCCC1(C)C. The van der Waals surface area contributed by atoms with Gasteiger partial charge in [0.05, 0.1) is 5.02 Å². The predicted octanol–water partition coefficient (Wildman–Crippen LogP) is 5.22. The van der Waals surface area contributed by atoms with E-state index in [1.54, 1.807) is 6.07 Å². The highest BCUT2D eigenvalue weighted by Crippen LogP contribution is 2.43. The van der Waals surface area contributed by atoms with Gasteiger partial charge in [0.1, 0.15) is 5.82 Å². The number of hydrogen-bond donors (Lipinski definition) is 1. The predicted molar refractivity (Wildman–Crippen MR) is 88.3 cm³/mol. The van der Waals surface area contributed by atoms with Crippen molar-refractivity contribution in [3.63, 3.8) is 0 Å². The third-order valence-electron chi connectivity index (χ3n) is 4.98. The summed E-state index contributed by atoms with van der Waals surface area (Å²) in [5.74, 6) is 0.327. The summed E-state index contributed by atoms with van der Waals surface area (Å²) in [5, 5.41) is 3.88. The summed E-state index contributed by atoms with van der Waals surface area (Å²) < 4.78 is 13.3. The van der Waals surface area contributed by atoms with Gasteiger partial charge < -0.3 is 5.32 Å². The highest BCUT2D eigenvalue weighted by molar-refractivity contribution is 6.30. The highest BCUT2D eigenvalue weighted by atomic mass is 35.5. The maximum atomic E-state index is 13.3. The number of benzene rings is 1. The molecule has 1 aliphatic carbocycles. The standard InChI is InChI=1S/C18H27ClFN/c1-4-21-17(14-7-5-6-10-18(14,2)3)12-13-8-9-16(20)15(19)11-13/h8-9,11,14,17,21H,4-7,10,12H2,1-3H3. The van der Waals surface area contributed by atoms with Gasteiger partial charge in [-0.3, -0.25) is 0 Å². The van der Waals surface area contributed by atoms with Crippen LogP contribution in [0.1, 0.15) is 52.0 Å². The van der Waals surface area contributed by atoms with E-state index in [4.69, 9.17) is 11.6 Å². The average Bonchev–Trinajstić information content (AvgIpc) is 2.42. The van der Waals surface area contributed by atoms with Crippen LogP contribution in [0, 0.1) is 17.2 Å². The minimum absolute atomic E-state index is 0.227. The number of rotatable bonds is 5. The first-order valence-electron chi connectivity index (χ1n) is 8.11. The molecule has 21 heavy (non-hydrogen) atoms. The second-order valence-corrected chi connectivity index (χ2v) is 7.36. The van der Waals surface area contributed by atoms with Crippen LogP contribution in [0.3, 0.4) is 0 Å². The third-order valence-corrected chi connectivity index (χ3v) is 5.27. The van der Waals surface area contributed by atoms with Crippen molar-refractivity contribution in [2.75, 3.05) is 6.54 Å². The van der Waals surface area contributed by atoms with Gasteiger partial charge in [0, 0.05) is 6.04 Å². The fourth-order valence-corrected chi connectivity index (χ4v) is 4.01. The quantitative estimate of drug-likeness (QED) is 0.786. The Morgan fingerprint density at radius 1 is 1.38 bits per heavy atom. The first kappa shape index (κ1) is 16.8. The Hall–Kier alpha value is -0.600. The van der Waals surface area contributed by atoms with Crippen LogP contribution < -0.4 is 5.32 Å². The van der Waals surface area contributed by atoms with Crippen LogP contribution in [0.25, 0.3) is 0 Å². The summed E-state index contributed by atoms with van der Waals surface area (Å²) in [6.45, 7) is 7.89. The zero-order valence-corrected chi connectivity index (χ0v) is 14.1. The number of hydrogen-bond acceptors (Lipinski definition) is 1. The molecule has 1 saturated carbocycles. The lowest BCUT2D eigenvalue weighted by atomic mass is 9.65. The summed E-state index contributed by atoms with van der Waals surface area (Å²) in [6.07, 6.45) is 6.15. The van der Waals surface area contributed by atoms with Crippen LogP contribution in [-0.2, 0) is 6.42 Å². The normalized spacial score (nSPS) is 23.0.